The Bertz CT molecular complexity index is 306. The Morgan fingerprint density at radius 3 is 1.61 bits per heavy atom. The molecule has 18 heavy (non-hydrogen) atoms. The van der Waals surface area contributed by atoms with Crippen molar-refractivity contribution in [3.05, 3.63) is 47.0 Å². The Kier molecular flexibility index (Phi) is 11.8. The lowest BCUT2D eigenvalue weighted by atomic mass is 10.4. The summed E-state index contributed by atoms with van der Waals surface area (Å²) in [5.74, 6) is 0. The summed E-state index contributed by atoms with van der Waals surface area (Å²) in [7, 11) is 4.99. The number of hydrogen-bond donors (Lipinski definition) is 0. The monoisotopic (exact) mass is 313 g/mol. The molecule has 0 amide bonds. The lowest BCUT2D eigenvalue weighted by molar-refractivity contribution is -1.23. The molecule has 0 aliphatic carbocycles. The molecule has 0 aromatic heterocycles. The minimum atomic E-state index is 0. The van der Waals surface area contributed by atoms with Gasteiger partial charge in [-0.05, 0) is 35.2 Å². The number of quaternary nitrogens is 1. The van der Waals surface area contributed by atoms with Crippen LogP contribution in [0.5, 0.6) is 0 Å². The van der Waals surface area contributed by atoms with Gasteiger partial charge in [-0.25, -0.2) is 0 Å². The maximum atomic E-state index is 5.55. The Labute approximate surface area is 125 Å². The van der Waals surface area contributed by atoms with E-state index in [1.54, 1.807) is 44.6 Å². The first-order valence-electron chi connectivity index (χ1n) is 4.96. The highest BCUT2D eigenvalue weighted by molar-refractivity contribution is 6.32. The summed E-state index contributed by atoms with van der Waals surface area (Å²) >= 11 is 11.1. The SMILES string of the molecule is C=CC[N+](C)(OC)OC.Clc1ccc(Cl)cc1.[Cl-]. The Hall–Kier alpha value is -0.290. The fraction of sp³-hybridized carbons (Fsp3) is 0.333. The minimum Gasteiger partial charge on any atom is -1.00 e. The van der Waals surface area contributed by atoms with Gasteiger partial charge in [-0.3, -0.25) is 0 Å². The molecule has 0 atom stereocenters. The first kappa shape index (κ1) is 20.0. The van der Waals surface area contributed by atoms with E-state index < -0.39 is 0 Å². The Balaban J connectivity index is 0. The van der Waals surface area contributed by atoms with Gasteiger partial charge in [0.25, 0.3) is 0 Å². The van der Waals surface area contributed by atoms with E-state index in [1.807, 2.05) is 7.05 Å². The summed E-state index contributed by atoms with van der Waals surface area (Å²) in [5, 5.41) is 1.43. The molecule has 0 spiro atoms. The number of halogens is 3. The quantitative estimate of drug-likeness (QED) is 0.464. The van der Waals surface area contributed by atoms with Crippen LogP contribution in [0.15, 0.2) is 36.9 Å². The molecular formula is C12H18Cl3NO2. The molecule has 1 rings (SSSR count). The summed E-state index contributed by atoms with van der Waals surface area (Å²) in [6.45, 7) is 4.21. The largest absolute Gasteiger partial charge is 1.00 e. The molecule has 1 aromatic rings. The van der Waals surface area contributed by atoms with Gasteiger partial charge in [0, 0.05) is 10.0 Å². The van der Waals surface area contributed by atoms with Gasteiger partial charge in [0.05, 0.1) is 14.2 Å². The highest BCUT2D eigenvalue weighted by Crippen LogP contribution is 2.12. The standard InChI is InChI=1S/C6H4Cl2.C6H14NO2.ClH/c7-5-1-2-6(8)4-3-5;1-5-6-7(2,8-3)9-4;/h1-4H;5H,1,6H2,2-4H3;1H/q;+1;/p-1. The summed E-state index contributed by atoms with van der Waals surface area (Å²) in [6.07, 6.45) is 1.74. The zero-order valence-electron chi connectivity index (χ0n) is 10.7. The number of likely N-dealkylation sites (N-methyl/N-ethyl adjacent to an activating group) is 1. The van der Waals surface area contributed by atoms with Crippen LogP contribution >= 0.6 is 23.2 Å². The summed E-state index contributed by atoms with van der Waals surface area (Å²) in [5.41, 5.74) is 0. The zero-order valence-corrected chi connectivity index (χ0v) is 13.0. The van der Waals surface area contributed by atoms with E-state index >= 15 is 0 Å². The van der Waals surface area contributed by atoms with Crippen LogP contribution in [-0.4, -0.2) is 32.6 Å². The van der Waals surface area contributed by atoms with Gasteiger partial charge in [-0.15, -0.1) is 0 Å². The molecule has 0 unspecified atom stereocenters. The third-order valence-electron chi connectivity index (χ3n) is 2.04. The number of nitrogens with zero attached hydrogens (tertiary/aromatic N) is 1. The first-order chi connectivity index (χ1) is 7.97. The molecular weight excluding hydrogens is 296 g/mol. The van der Waals surface area contributed by atoms with Crippen molar-refractivity contribution in [3.63, 3.8) is 0 Å². The van der Waals surface area contributed by atoms with Crippen molar-refractivity contribution in [2.24, 2.45) is 0 Å². The first-order valence-corrected chi connectivity index (χ1v) is 5.72. The van der Waals surface area contributed by atoms with Crippen molar-refractivity contribution in [1.29, 1.82) is 0 Å². The van der Waals surface area contributed by atoms with Crippen molar-refractivity contribution in [2.75, 3.05) is 27.8 Å². The summed E-state index contributed by atoms with van der Waals surface area (Å²) in [6, 6.07) is 7.02. The second kappa shape index (κ2) is 10.6. The van der Waals surface area contributed by atoms with Gasteiger partial charge < -0.3 is 12.4 Å². The molecule has 1 aromatic carbocycles. The number of hydrogen-bond acceptors (Lipinski definition) is 2. The van der Waals surface area contributed by atoms with Crippen molar-refractivity contribution in [3.8, 4) is 0 Å². The molecule has 0 bridgehead atoms. The molecule has 0 aliphatic rings. The van der Waals surface area contributed by atoms with E-state index in [2.05, 4.69) is 6.58 Å². The lowest BCUT2D eigenvalue weighted by Gasteiger charge is -2.23. The topological polar surface area (TPSA) is 18.5 Å². The smallest absolute Gasteiger partial charge is 0.160 e. The van der Waals surface area contributed by atoms with Crippen LogP contribution in [0.3, 0.4) is 0 Å². The van der Waals surface area contributed by atoms with Crippen molar-refractivity contribution in [1.82, 2.24) is 0 Å². The second-order valence-corrected chi connectivity index (χ2v) is 4.16. The fourth-order valence-corrected chi connectivity index (χ4v) is 1.14. The number of benzene rings is 1. The molecule has 0 aliphatic heterocycles. The second-order valence-electron chi connectivity index (χ2n) is 3.29. The van der Waals surface area contributed by atoms with E-state index in [0.29, 0.717) is 6.54 Å². The van der Waals surface area contributed by atoms with E-state index in [4.69, 9.17) is 32.9 Å². The molecule has 0 fully saturated rings. The average molecular weight is 315 g/mol. The summed E-state index contributed by atoms with van der Waals surface area (Å²) < 4.78 is 0. The Morgan fingerprint density at radius 1 is 1.11 bits per heavy atom. The van der Waals surface area contributed by atoms with Gasteiger partial charge in [-0.1, -0.05) is 29.8 Å². The van der Waals surface area contributed by atoms with Crippen LogP contribution in [0.2, 0.25) is 10.0 Å². The molecule has 0 radical (unpaired) electrons. The van der Waals surface area contributed by atoms with Gasteiger partial charge in [0.1, 0.15) is 7.05 Å². The molecule has 3 nitrogen and oxygen atoms in total. The summed E-state index contributed by atoms with van der Waals surface area (Å²) in [4.78, 5) is 10.1. The van der Waals surface area contributed by atoms with Crippen LogP contribution in [0.1, 0.15) is 0 Å². The third kappa shape index (κ3) is 8.75. The normalized spacial score (nSPS) is 9.83. The highest BCUT2D eigenvalue weighted by Gasteiger charge is 2.18. The van der Waals surface area contributed by atoms with Crippen LogP contribution < -0.4 is 12.4 Å². The van der Waals surface area contributed by atoms with E-state index in [9.17, 15) is 0 Å². The van der Waals surface area contributed by atoms with Crippen LogP contribution in [0.4, 0.5) is 0 Å². The van der Waals surface area contributed by atoms with Crippen LogP contribution in [0, 0.1) is 0 Å². The van der Waals surface area contributed by atoms with E-state index in [1.165, 1.54) is 0 Å². The third-order valence-corrected chi connectivity index (χ3v) is 2.54. The minimum absolute atomic E-state index is 0. The predicted molar refractivity (Wildman–Crippen MR) is 71.7 cm³/mol. The molecule has 0 heterocycles. The number of rotatable bonds is 4. The van der Waals surface area contributed by atoms with Crippen molar-refractivity contribution >= 4 is 23.2 Å². The van der Waals surface area contributed by atoms with Crippen LogP contribution in [-0.2, 0) is 9.68 Å². The molecule has 6 heteroatoms. The predicted octanol–water partition coefficient (Wildman–Crippen LogP) is 0.739. The molecule has 0 saturated carbocycles. The lowest BCUT2D eigenvalue weighted by Crippen LogP contribution is -3.00. The average Bonchev–Trinajstić information content (AvgIpc) is 2.34. The van der Waals surface area contributed by atoms with Crippen molar-refractivity contribution in [2.45, 2.75) is 0 Å². The maximum absolute atomic E-state index is 5.55. The molecule has 104 valence electrons. The van der Waals surface area contributed by atoms with Gasteiger partial charge in [0.2, 0.25) is 0 Å². The Morgan fingerprint density at radius 2 is 1.44 bits per heavy atom. The van der Waals surface area contributed by atoms with Gasteiger partial charge in [-0.2, -0.15) is 9.68 Å². The maximum Gasteiger partial charge on any atom is 0.160 e. The van der Waals surface area contributed by atoms with Gasteiger partial charge >= 0.3 is 0 Å². The molecule has 0 saturated heterocycles. The van der Waals surface area contributed by atoms with E-state index in [0.717, 1.165) is 10.0 Å². The van der Waals surface area contributed by atoms with Crippen LogP contribution in [0.25, 0.3) is 0 Å². The van der Waals surface area contributed by atoms with Crippen molar-refractivity contribution < 1.29 is 26.9 Å². The van der Waals surface area contributed by atoms with E-state index in [-0.39, 0.29) is 17.2 Å². The highest BCUT2D eigenvalue weighted by atomic mass is 35.5. The fourth-order valence-electron chi connectivity index (χ4n) is 0.888. The number of hydroxylamine groups is 4. The van der Waals surface area contributed by atoms with Gasteiger partial charge in [0.15, 0.2) is 6.54 Å². The molecule has 0 N–H and O–H groups in total. The zero-order chi connectivity index (χ0) is 13.3.